The minimum absolute atomic E-state index is 0.0912. The fraction of sp³-hybridized carbons (Fsp3) is 0.429. The highest BCUT2D eigenvalue weighted by atomic mass is 19.1. The van der Waals surface area contributed by atoms with Gasteiger partial charge in [0, 0.05) is 36.5 Å². The van der Waals surface area contributed by atoms with Crippen molar-refractivity contribution < 1.29 is 18.7 Å². The van der Waals surface area contributed by atoms with Gasteiger partial charge in [0.05, 0.1) is 6.61 Å². The van der Waals surface area contributed by atoms with E-state index in [0.29, 0.717) is 49.6 Å². The normalized spacial score (nSPS) is 14.4. The highest BCUT2D eigenvalue weighted by Crippen LogP contribution is 2.17. The second kappa shape index (κ2) is 9.51. The third kappa shape index (κ3) is 5.22. The van der Waals surface area contributed by atoms with E-state index in [4.69, 9.17) is 4.74 Å². The van der Waals surface area contributed by atoms with Gasteiger partial charge in [-0.1, -0.05) is 0 Å². The molecule has 30 heavy (non-hydrogen) atoms. The molecule has 0 aliphatic carbocycles. The van der Waals surface area contributed by atoms with Crippen molar-refractivity contribution in [3.63, 3.8) is 0 Å². The van der Waals surface area contributed by atoms with E-state index in [2.05, 4.69) is 10.3 Å². The van der Waals surface area contributed by atoms with Crippen LogP contribution in [-0.4, -0.2) is 52.2 Å². The summed E-state index contributed by atoms with van der Waals surface area (Å²) in [5.74, 6) is -0.403. The van der Waals surface area contributed by atoms with E-state index in [1.807, 2.05) is 0 Å². The van der Waals surface area contributed by atoms with Gasteiger partial charge in [0.1, 0.15) is 18.2 Å². The van der Waals surface area contributed by atoms with Crippen LogP contribution in [0.15, 0.2) is 35.1 Å². The van der Waals surface area contributed by atoms with Crippen LogP contribution >= 0.6 is 0 Å². The fourth-order valence-corrected chi connectivity index (χ4v) is 3.43. The van der Waals surface area contributed by atoms with E-state index in [0.717, 1.165) is 0 Å². The number of aromatic nitrogens is 2. The number of likely N-dealkylation sites (tertiary alicyclic amines) is 1. The second-order valence-electron chi connectivity index (χ2n) is 7.18. The highest BCUT2D eigenvalue weighted by Gasteiger charge is 2.25. The molecule has 1 aliphatic heterocycles. The molecule has 1 aromatic heterocycles. The van der Waals surface area contributed by atoms with E-state index < -0.39 is 5.82 Å². The Labute approximate surface area is 173 Å². The predicted molar refractivity (Wildman–Crippen MR) is 108 cm³/mol. The molecule has 3 rings (SSSR count). The van der Waals surface area contributed by atoms with Gasteiger partial charge in [0.15, 0.2) is 0 Å². The number of piperidine rings is 1. The maximum absolute atomic E-state index is 13.3. The second-order valence-corrected chi connectivity index (χ2v) is 7.18. The molecule has 2 amide bonds. The van der Waals surface area contributed by atoms with Crippen LogP contribution in [0.2, 0.25) is 0 Å². The summed E-state index contributed by atoms with van der Waals surface area (Å²) in [7, 11) is 0. The van der Waals surface area contributed by atoms with E-state index >= 15 is 0 Å². The molecule has 2 heterocycles. The molecule has 0 spiro atoms. The Morgan fingerprint density at radius 3 is 2.53 bits per heavy atom. The Hall–Kier alpha value is -3.23. The molecule has 0 bridgehead atoms. The molecule has 1 fully saturated rings. The van der Waals surface area contributed by atoms with Crippen LogP contribution in [0, 0.1) is 12.7 Å². The van der Waals surface area contributed by atoms with Gasteiger partial charge in [0.2, 0.25) is 5.91 Å². The Morgan fingerprint density at radius 1 is 1.23 bits per heavy atom. The van der Waals surface area contributed by atoms with Crippen molar-refractivity contribution in [2.75, 3.05) is 19.7 Å². The van der Waals surface area contributed by atoms with Crippen molar-refractivity contribution in [3.05, 3.63) is 52.2 Å². The van der Waals surface area contributed by atoms with Crippen LogP contribution < -0.4 is 10.9 Å². The molecule has 1 N–H and O–H groups in total. The topological polar surface area (TPSA) is 93.5 Å². The average Bonchev–Trinajstić information content (AvgIpc) is 2.71. The van der Waals surface area contributed by atoms with Crippen LogP contribution in [0.5, 0.6) is 0 Å². The third-order valence-corrected chi connectivity index (χ3v) is 4.93. The summed E-state index contributed by atoms with van der Waals surface area (Å²) in [5, 5.41) is 2.92. The molecule has 1 saturated heterocycles. The zero-order valence-electron chi connectivity index (χ0n) is 17.1. The molecule has 0 saturated carbocycles. The first-order valence-corrected chi connectivity index (χ1v) is 9.93. The number of benzene rings is 1. The average molecular weight is 416 g/mol. The Bertz CT molecular complexity index is 966. The third-order valence-electron chi connectivity index (χ3n) is 4.93. The quantitative estimate of drug-likeness (QED) is 0.806. The number of nitrogens with one attached hydrogen (secondary N) is 1. The summed E-state index contributed by atoms with van der Waals surface area (Å²) < 4.78 is 19.5. The number of halogens is 1. The fourth-order valence-electron chi connectivity index (χ4n) is 3.43. The monoisotopic (exact) mass is 416 g/mol. The Morgan fingerprint density at radius 2 is 1.90 bits per heavy atom. The molecule has 0 unspecified atom stereocenters. The first-order chi connectivity index (χ1) is 14.4. The lowest BCUT2D eigenvalue weighted by molar-refractivity contribution is -0.122. The van der Waals surface area contributed by atoms with Gasteiger partial charge in [-0.3, -0.25) is 14.2 Å². The SMILES string of the molecule is CCOC(=O)N1CCC(NC(=O)Cn2c(-c3ccc(F)cc3)nc(C)cc2=O)CC1. The number of rotatable bonds is 5. The van der Waals surface area contributed by atoms with Crippen molar-refractivity contribution in [2.45, 2.75) is 39.3 Å². The standard InChI is InChI=1S/C21H25FN4O4/c1-3-30-21(29)25-10-8-17(9-11-25)24-18(27)13-26-19(28)12-14(2)23-20(26)15-4-6-16(22)7-5-15/h4-7,12,17H,3,8-11,13H2,1-2H3,(H,24,27). The van der Waals surface area contributed by atoms with Crippen molar-refractivity contribution in [1.29, 1.82) is 0 Å². The summed E-state index contributed by atoms with van der Waals surface area (Å²) in [4.78, 5) is 42.9. The number of carbonyl (C=O) groups is 2. The minimum atomic E-state index is -0.396. The van der Waals surface area contributed by atoms with E-state index in [9.17, 15) is 18.8 Å². The smallest absolute Gasteiger partial charge is 0.409 e. The number of hydrogen-bond donors (Lipinski definition) is 1. The molecule has 160 valence electrons. The first kappa shape index (κ1) is 21.5. The molecular weight excluding hydrogens is 391 g/mol. The lowest BCUT2D eigenvalue weighted by Gasteiger charge is -2.31. The maximum atomic E-state index is 13.3. The van der Waals surface area contributed by atoms with E-state index in [1.54, 1.807) is 18.7 Å². The minimum Gasteiger partial charge on any atom is -0.450 e. The number of amides is 2. The lowest BCUT2D eigenvalue weighted by Crippen LogP contribution is -2.47. The van der Waals surface area contributed by atoms with Crippen LogP contribution in [0.4, 0.5) is 9.18 Å². The molecule has 2 aromatic rings. The highest BCUT2D eigenvalue weighted by molar-refractivity contribution is 5.77. The zero-order valence-corrected chi connectivity index (χ0v) is 17.1. The number of carbonyl (C=O) groups excluding carboxylic acids is 2. The predicted octanol–water partition coefficient (Wildman–Crippen LogP) is 2.09. The number of nitrogens with zero attached hydrogens (tertiary/aromatic N) is 3. The van der Waals surface area contributed by atoms with Crippen molar-refractivity contribution in [3.8, 4) is 11.4 Å². The summed E-state index contributed by atoms with van der Waals surface area (Å²) in [5.41, 5.74) is 0.712. The van der Waals surface area contributed by atoms with Gasteiger partial charge in [-0.2, -0.15) is 0 Å². The molecule has 8 nitrogen and oxygen atoms in total. The van der Waals surface area contributed by atoms with Gasteiger partial charge < -0.3 is 15.0 Å². The zero-order chi connectivity index (χ0) is 21.7. The summed E-state index contributed by atoms with van der Waals surface area (Å²) in [6, 6.07) is 6.88. The lowest BCUT2D eigenvalue weighted by atomic mass is 10.1. The molecule has 1 aliphatic rings. The molecule has 1 aromatic carbocycles. The van der Waals surface area contributed by atoms with Gasteiger partial charge in [-0.15, -0.1) is 0 Å². The number of hydrogen-bond acceptors (Lipinski definition) is 5. The van der Waals surface area contributed by atoms with Gasteiger partial charge >= 0.3 is 6.09 Å². The van der Waals surface area contributed by atoms with Crippen LogP contribution in [0.25, 0.3) is 11.4 Å². The largest absolute Gasteiger partial charge is 0.450 e. The van der Waals surface area contributed by atoms with Crippen LogP contribution in [0.1, 0.15) is 25.5 Å². The van der Waals surface area contributed by atoms with Crippen molar-refractivity contribution in [2.24, 2.45) is 0 Å². The van der Waals surface area contributed by atoms with Gasteiger partial charge in [0.25, 0.3) is 5.56 Å². The summed E-state index contributed by atoms with van der Waals surface area (Å²) in [6.45, 7) is 4.57. The number of aryl methyl sites for hydroxylation is 1. The molecular formula is C21H25FN4O4. The number of ether oxygens (including phenoxy) is 1. The summed E-state index contributed by atoms with van der Waals surface area (Å²) >= 11 is 0. The van der Waals surface area contributed by atoms with E-state index in [1.165, 1.54) is 34.9 Å². The Kier molecular flexibility index (Phi) is 6.81. The Balaban J connectivity index is 1.68. The van der Waals surface area contributed by atoms with Gasteiger partial charge in [-0.05, 0) is 51.0 Å². The van der Waals surface area contributed by atoms with Crippen LogP contribution in [-0.2, 0) is 16.1 Å². The summed E-state index contributed by atoms with van der Waals surface area (Å²) in [6.07, 6.45) is 0.871. The first-order valence-electron chi connectivity index (χ1n) is 9.93. The van der Waals surface area contributed by atoms with Crippen molar-refractivity contribution >= 4 is 12.0 Å². The van der Waals surface area contributed by atoms with Crippen LogP contribution in [0.3, 0.4) is 0 Å². The van der Waals surface area contributed by atoms with Crippen molar-refractivity contribution in [1.82, 2.24) is 19.8 Å². The van der Waals surface area contributed by atoms with E-state index in [-0.39, 0.29) is 30.1 Å². The molecule has 0 atom stereocenters. The van der Waals surface area contributed by atoms with Gasteiger partial charge in [-0.25, -0.2) is 14.2 Å². The molecule has 9 heteroatoms. The molecule has 0 radical (unpaired) electrons. The maximum Gasteiger partial charge on any atom is 0.409 e.